The summed E-state index contributed by atoms with van der Waals surface area (Å²) in [6, 6.07) is 4.51. The fraction of sp³-hybridized carbons (Fsp3) is 0.692. The first-order valence-corrected chi connectivity index (χ1v) is 7.36. The van der Waals surface area contributed by atoms with E-state index in [9.17, 15) is 0 Å². The van der Waals surface area contributed by atoms with Crippen molar-refractivity contribution in [3.63, 3.8) is 0 Å². The van der Waals surface area contributed by atoms with Crippen LogP contribution in [0.25, 0.3) is 5.65 Å². The lowest BCUT2D eigenvalue weighted by Gasteiger charge is -2.33. The second-order valence-electron chi connectivity index (χ2n) is 5.41. The quantitative estimate of drug-likeness (QED) is 0.827. The van der Waals surface area contributed by atoms with Gasteiger partial charge in [-0.25, -0.2) is 0 Å². The molecule has 2 aromatic rings. The minimum absolute atomic E-state index is 0.665. The van der Waals surface area contributed by atoms with Crippen LogP contribution in [0.3, 0.4) is 0 Å². The first-order valence-electron chi connectivity index (χ1n) is 7.36. The number of fused-ring (bicyclic) bond motifs is 1. The minimum atomic E-state index is 0.665. The van der Waals surface area contributed by atoms with E-state index < -0.39 is 0 Å². The van der Waals surface area contributed by atoms with Gasteiger partial charge >= 0.3 is 0 Å². The number of rotatable bonds is 5. The first-order chi connectivity index (χ1) is 9.83. The Hall–Kier alpha value is -1.76. The molecule has 1 unspecified atom stereocenters. The van der Waals surface area contributed by atoms with E-state index in [2.05, 4.69) is 37.8 Å². The summed E-state index contributed by atoms with van der Waals surface area (Å²) in [6.07, 6.45) is 5.19. The summed E-state index contributed by atoms with van der Waals surface area (Å²) < 4.78 is 1.44. The molecule has 3 heterocycles. The van der Waals surface area contributed by atoms with Crippen molar-refractivity contribution < 1.29 is 0 Å². The van der Waals surface area contributed by atoms with Crippen LogP contribution in [-0.2, 0) is 0 Å². The largest absolute Gasteiger partial charge is 0.369 e. The maximum absolute atomic E-state index is 4.29. The fourth-order valence-electron chi connectivity index (χ4n) is 2.73. The molecule has 2 aromatic heterocycles. The van der Waals surface area contributed by atoms with E-state index in [1.165, 1.54) is 30.4 Å². The van der Waals surface area contributed by atoms with Crippen molar-refractivity contribution in [2.24, 2.45) is 0 Å². The standard InChI is InChI=1S/C13H21N7/c1-11-5-2-3-9-19(11)10-4-8-14-12-6-7-13-15-17-18-20(13)16-12/h6-7,11H,2-5,8-10H2,1H3,(H,14,16). The number of hydrogen-bond acceptors (Lipinski definition) is 6. The summed E-state index contributed by atoms with van der Waals surface area (Å²) in [5.74, 6) is 0.816. The normalized spacial score (nSPS) is 20.4. The SMILES string of the molecule is CC1CCCCN1CCCNc1ccc2nnnn2n1. The smallest absolute Gasteiger partial charge is 0.200 e. The molecule has 3 rings (SSSR count). The number of piperidine rings is 1. The molecule has 0 aliphatic carbocycles. The van der Waals surface area contributed by atoms with Crippen LogP contribution in [0, 0.1) is 0 Å². The molecule has 1 N–H and O–H groups in total. The molecule has 0 aromatic carbocycles. The van der Waals surface area contributed by atoms with Gasteiger partial charge in [-0.1, -0.05) is 6.42 Å². The predicted molar refractivity (Wildman–Crippen MR) is 76.6 cm³/mol. The van der Waals surface area contributed by atoms with Gasteiger partial charge in [-0.15, -0.1) is 14.8 Å². The molecule has 1 aliphatic rings. The molecule has 7 nitrogen and oxygen atoms in total. The molecule has 0 radical (unpaired) electrons. The highest BCUT2D eigenvalue weighted by molar-refractivity contribution is 5.41. The third kappa shape index (κ3) is 3.04. The monoisotopic (exact) mass is 275 g/mol. The average Bonchev–Trinajstić information content (AvgIpc) is 2.93. The molecule has 1 atom stereocenters. The van der Waals surface area contributed by atoms with Gasteiger partial charge in [0, 0.05) is 19.1 Å². The lowest BCUT2D eigenvalue weighted by molar-refractivity contribution is 0.160. The van der Waals surface area contributed by atoms with Crippen LogP contribution < -0.4 is 5.32 Å². The molecule has 0 saturated carbocycles. The zero-order valence-corrected chi connectivity index (χ0v) is 11.9. The zero-order chi connectivity index (χ0) is 13.8. The highest BCUT2D eigenvalue weighted by Gasteiger charge is 2.16. The van der Waals surface area contributed by atoms with E-state index in [4.69, 9.17) is 0 Å². The maximum atomic E-state index is 4.29. The lowest BCUT2D eigenvalue weighted by atomic mass is 10.0. The summed E-state index contributed by atoms with van der Waals surface area (Å²) in [6.45, 7) is 5.65. The van der Waals surface area contributed by atoms with E-state index >= 15 is 0 Å². The topological polar surface area (TPSA) is 71.2 Å². The van der Waals surface area contributed by atoms with Crippen LogP contribution in [-0.4, -0.2) is 55.8 Å². The Labute approximate surface area is 118 Å². The van der Waals surface area contributed by atoms with Gasteiger partial charge in [0.2, 0.25) is 0 Å². The Bertz CT molecular complexity index is 552. The molecule has 1 aliphatic heterocycles. The highest BCUT2D eigenvalue weighted by atomic mass is 15.6. The van der Waals surface area contributed by atoms with E-state index in [-0.39, 0.29) is 0 Å². The molecular weight excluding hydrogens is 254 g/mol. The van der Waals surface area contributed by atoms with Gasteiger partial charge in [0.05, 0.1) is 0 Å². The van der Waals surface area contributed by atoms with E-state index in [0.717, 1.165) is 31.4 Å². The van der Waals surface area contributed by atoms with Crippen molar-refractivity contribution in [3.8, 4) is 0 Å². The molecule has 0 spiro atoms. The van der Waals surface area contributed by atoms with Crippen molar-refractivity contribution in [1.82, 2.24) is 30.2 Å². The number of nitrogens with zero attached hydrogens (tertiary/aromatic N) is 6. The highest BCUT2D eigenvalue weighted by Crippen LogP contribution is 2.16. The van der Waals surface area contributed by atoms with Crippen molar-refractivity contribution in [2.75, 3.05) is 25.0 Å². The number of likely N-dealkylation sites (tertiary alicyclic amines) is 1. The van der Waals surface area contributed by atoms with Crippen LogP contribution in [0.5, 0.6) is 0 Å². The van der Waals surface area contributed by atoms with Gasteiger partial charge in [0.15, 0.2) is 5.65 Å². The molecule has 108 valence electrons. The fourth-order valence-corrected chi connectivity index (χ4v) is 2.73. The summed E-state index contributed by atoms with van der Waals surface area (Å²) in [5, 5.41) is 18.8. The third-order valence-corrected chi connectivity index (χ3v) is 3.94. The predicted octanol–water partition coefficient (Wildman–Crippen LogP) is 1.20. The van der Waals surface area contributed by atoms with E-state index in [1.807, 2.05) is 12.1 Å². The summed E-state index contributed by atoms with van der Waals surface area (Å²) in [7, 11) is 0. The van der Waals surface area contributed by atoms with Gasteiger partial charge < -0.3 is 10.2 Å². The molecule has 1 fully saturated rings. The molecular formula is C13H21N7. The Morgan fingerprint density at radius 3 is 3.20 bits per heavy atom. The molecule has 1 saturated heterocycles. The number of aromatic nitrogens is 5. The Kier molecular flexibility index (Phi) is 4.05. The van der Waals surface area contributed by atoms with Gasteiger partial charge in [-0.3, -0.25) is 0 Å². The first kappa shape index (κ1) is 13.2. The van der Waals surface area contributed by atoms with Crippen LogP contribution >= 0.6 is 0 Å². The van der Waals surface area contributed by atoms with Crippen molar-refractivity contribution >= 4 is 11.5 Å². The second-order valence-corrected chi connectivity index (χ2v) is 5.41. The Balaban J connectivity index is 1.45. The molecule has 0 amide bonds. The average molecular weight is 275 g/mol. The van der Waals surface area contributed by atoms with Gasteiger partial charge in [0.25, 0.3) is 0 Å². The zero-order valence-electron chi connectivity index (χ0n) is 11.9. The number of hydrogen-bond donors (Lipinski definition) is 1. The molecule has 7 heteroatoms. The minimum Gasteiger partial charge on any atom is -0.369 e. The number of tetrazole rings is 1. The maximum Gasteiger partial charge on any atom is 0.200 e. The van der Waals surface area contributed by atoms with Crippen molar-refractivity contribution in [3.05, 3.63) is 12.1 Å². The van der Waals surface area contributed by atoms with E-state index in [0.29, 0.717) is 5.65 Å². The van der Waals surface area contributed by atoms with Crippen LogP contribution in [0.15, 0.2) is 12.1 Å². The van der Waals surface area contributed by atoms with Crippen molar-refractivity contribution in [2.45, 2.75) is 38.6 Å². The van der Waals surface area contributed by atoms with E-state index in [1.54, 1.807) is 0 Å². The Morgan fingerprint density at radius 1 is 1.35 bits per heavy atom. The van der Waals surface area contributed by atoms with Gasteiger partial charge in [-0.05, 0) is 55.3 Å². The molecule has 0 bridgehead atoms. The third-order valence-electron chi connectivity index (χ3n) is 3.94. The van der Waals surface area contributed by atoms with Crippen LogP contribution in [0.1, 0.15) is 32.6 Å². The summed E-state index contributed by atoms with van der Waals surface area (Å²) >= 11 is 0. The van der Waals surface area contributed by atoms with Crippen molar-refractivity contribution in [1.29, 1.82) is 0 Å². The Morgan fingerprint density at radius 2 is 2.30 bits per heavy atom. The van der Waals surface area contributed by atoms with Gasteiger partial charge in [0.1, 0.15) is 5.82 Å². The van der Waals surface area contributed by atoms with Gasteiger partial charge in [-0.2, -0.15) is 0 Å². The van der Waals surface area contributed by atoms with Crippen LogP contribution in [0.4, 0.5) is 5.82 Å². The molecule has 20 heavy (non-hydrogen) atoms. The van der Waals surface area contributed by atoms with Crippen LogP contribution in [0.2, 0.25) is 0 Å². The number of anilines is 1. The summed E-state index contributed by atoms with van der Waals surface area (Å²) in [5.41, 5.74) is 0.665. The lowest BCUT2D eigenvalue weighted by Crippen LogP contribution is -2.38. The summed E-state index contributed by atoms with van der Waals surface area (Å²) in [4.78, 5) is 2.59. The number of nitrogens with one attached hydrogen (secondary N) is 1. The second kappa shape index (κ2) is 6.13.